The maximum Gasteiger partial charge on any atom is 0.455 e. The Labute approximate surface area is 274 Å². The molecule has 4 atom stereocenters. The zero-order valence-corrected chi connectivity index (χ0v) is 26.7. The summed E-state index contributed by atoms with van der Waals surface area (Å²) in [6.07, 6.45) is 4.30. The molecule has 2 saturated heterocycles. The van der Waals surface area contributed by atoms with E-state index in [4.69, 9.17) is 21.0 Å². The first-order valence-electron chi connectivity index (χ1n) is 15.8. The summed E-state index contributed by atoms with van der Waals surface area (Å²) in [5, 5.41) is 24.4. The minimum absolute atomic E-state index is 0.111. The number of rotatable bonds is 10. The minimum Gasteiger partial charge on any atom is -0.508 e. The van der Waals surface area contributed by atoms with Crippen LogP contribution >= 0.6 is 11.6 Å². The average Bonchev–Trinajstić information content (AvgIpc) is 3.30. The van der Waals surface area contributed by atoms with Crippen LogP contribution in [0.5, 0.6) is 5.75 Å². The third-order valence-corrected chi connectivity index (χ3v) is 9.67. The number of aromatic hydroxyl groups is 1. The van der Waals surface area contributed by atoms with Crippen LogP contribution in [0, 0.1) is 17.8 Å². The molecule has 3 aromatic rings. The second-order valence-electron chi connectivity index (χ2n) is 12.2. The summed E-state index contributed by atoms with van der Waals surface area (Å²) >= 11 is 6.37. The molecule has 0 bridgehead atoms. The summed E-state index contributed by atoms with van der Waals surface area (Å²) in [7, 11) is 0.572. The molecule has 3 N–H and O–H groups in total. The molecule has 1 aliphatic carbocycles. The van der Waals surface area contributed by atoms with E-state index in [0.29, 0.717) is 36.6 Å². The van der Waals surface area contributed by atoms with E-state index < -0.39 is 25.1 Å². The average molecular weight is 641 g/mol. The highest BCUT2D eigenvalue weighted by atomic mass is 35.5. The number of fused-ring (bicyclic) bond motifs is 3. The number of benzene rings is 3. The maximum atomic E-state index is 14.1. The minimum atomic E-state index is -1.05. The highest BCUT2D eigenvalue weighted by molar-refractivity contribution is 6.43. The number of hydrogen-bond donors (Lipinski definition) is 3. The molecular weight excluding hydrogens is 603 g/mol. The molecule has 8 nitrogen and oxygen atoms in total. The summed E-state index contributed by atoms with van der Waals surface area (Å²) in [5.41, 5.74) is 6.24. The molecule has 2 amide bonds. The topological polar surface area (TPSA) is 108 Å². The molecule has 0 spiro atoms. The van der Waals surface area contributed by atoms with Gasteiger partial charge in [-0.1, -0.05) is 48.4 Å². The zero-order valence-electron chi connectivity index (χ0n) is 26.0. The molecule has 10 heteroatoms. The number of hydrogen-bond acceptors (Lipinski definition) is 7. The van der Waals surface area contributed by atoms with Gasteiger partial charge in [0.15, 0.2) is 0 Å². The van der Waals surface area contributed by atoms with Crippen LogP contribution in [0.15, 0.2) is 89.5 Å². The largest absolute Gasteiger partial charge is 0.508 e. The van der Waals surface area contributed by atoms with E-state index in [0.717, 1.165) is 40.1 Å². The summed E-state index contributed by atoms with van der Waals surface area (Å²) in [4.78, 5) is 29.3. The number of ether oxygens (including phenoxy) is 1. The molecule has 3 aliphatic rings. The predicted molar refractivity (Wildman–Crippen MR) is 181 cm³/mol. The Bertz CT molecular complexity index is 1660. The van der Waals surface area contributed by atoms with E-state index in [1.807, 2.05) is 48.5 Å². The molecule has 238 valence electrons. The molecule has 0 radical (unpaired) electrons. The van der Waals surface area contributed by atoms with Crippen LogP contribution in [0.25, 0.3) is 6.08 Å². The number of allylic oxidation sites excluding steroid dienone is 1. The number of nitrogens with zero attached hydrogens (tertiary/aromatic N) is 1. The number of anilines is 3. The van der Waals surface area contributed by atoms with Crippen LogP contribution in [-0.4, -0.2) is 48.9 Å². The summed E-state index contributed by atoms with van der Waals surface area (Å²) in [6.45, 7) is 2.40. The molecule has 2 heterocycles. The van der Waals surface area contributed by atoms with Crippen molar-refractivity contribution in [2.75, 3.05) is 23.9 Å². The van der Waals surface area contributed by atoms with Gasteiger partial charge in [-0.15, -0.1) is 0 Å². The van der Waals surface area contributed by atoms with Crippen molar-refractivity contribution < 1.29 is 29.1 Å². The Morgan fingerprint density at radius 2 is 1.80 bits per heavy atom. The van der Waals surface area contributed by atoms with E-state index in [-0.39, 0.29) is 29.8 Å². The van der Waals surface area contributed by atoms with Crippen molar-refractivity contribution in [2.45, 2.75) is 45.0 Å². The van der Waals surface area contributed by atoms with Gasteiger partial charge in [-0.3, -0.25) is 14.5 Å². The number of phenols is 1. The lowest BCUT2D eigenvalue weighted by Crippen LogP contribution is -2.46. The Balaban J connectivity index is 1.24. The number of carbonyl (C=O) groups is 2. The fourth-order valence-corrected chi connectivity index (χ4v) is 7.46. The van der Waals surface area contributed by atoms with Crippen LogP contribution in [-0.2, 0) is 19.0 Å². The van der Waals surface area contributed by atoms with Gasteiger partial charge in [-0.25, -0.2) is 0 Å². The number of phenolic OH excluding ortho intramolecular Hbond substituents is 1. The van der Waals surface area contributed by atoms with Gasteiger partial charge in [-0.05, 0) is 109 Å². The SMILES string of the molecule is CC/C(=C\c1ccc(O)cc1Cl)CC[C@H]1OB(O)C[C@H]2C1=C(COC)C[C@H]1C(=O)N(c3ccc(Nc4ccccc4)cc3)C(=O)[C@H]12. The van der Waals surface area contributed by atoms with Crippen molar-refractivity contribution in [3.05, 3.63) is 100 Å². The van der Waals surface area contributed by atoms with Crippen LogP contribution in [0.1, 0.15) is 38.2 Å². The number of imide groups is 1. The van der Waals surface area contributed by atoms with Crippen molar-refractivity contribution in [1.29, 1.82) is 0 Å². The molecule has 2 fully saturated rings. The molecule has 2 aliphatic heterocycles. The van der Waals surface area contributed by atoms with Gasteiger partial charge in [0.2, 0.25) is 11.8 Å². The maximum absolute atomic E-state index is 14.1. The number of methoxy groups -OCH3 is 1. The number of amides is 2. The molecule has 0 unspecified atom stereocenters. The Morgan fingerprint density at radius 3 is 2.50 bits per heavy atom. The van der Waals surface area contributed by atoms with Crippen LogP contribution in [0.4, 0.5) is 17.1 Å². The first-order valence-corrected chi connectivity index (χ1v) is 16.2. The Morgan fingerprint density at radius 1 is 1.07 bits per heavy atom. The van der Waals surface area contributed by atoms with Crippen LogP contribution in [0.3, 0.4) is 0 Å². The van der Waals surface area contributed by atoms with Gasteiger partial charge in [0.25, 0.3) is 0 Å². The Kier molecular flexibility index (Phi) is 9.66. The van der Waals surface area contributed by atoms with Gasteiger partial charge in [0, 0.05) is 18.5 Å². The lowest BCUT2D eigenvalue weighted by molar-refractivity contribution is -0.122. The molecule has 0 saturated carbocycles. The van der Waals surface area contributed by atoms with E-state index in [9.17, 15) is 19.7 Å². The van der Waals surface area contributed by atoms with Crippen LogP contribution in [0.2, 0.25) is 11.3 Å². The van der Waals surface area contributed by atoms with Crippen molar-refractivity contribution in [3.8, 4) is 5.75 Å². The molecule has 3 aromatic carbocycles. The lowest BCUT2D eigenvalue weighted by Gasteiger charge is -2.43. The van der Waals surface area contributed by atoms with Gasteiger partial charge in [-0.2, -0.15) is 0 Å². The van der Waals surface area contributed by atoms with E-state index in [1.54, 1.807) is 31.4 Å². The van der Waals surface area contributed by atoms with Crippen LogP contribution < -0.4 is 10.2 Å². The fraction of sp³-hybridized carbons (Fsp3) is 0.333. The first-order chi connectivity index (χ1) is 22.3. The highest BCUT2D eigenvalue weighted by Crippen LogP contribution is 2.51. The third-order valence-electron chi connectivity index (χ3n) is 9.34. The standard InChI is InChI=1S/C36H38BClN2O6/c1-3-22(17-23-10-15-28(41)19-31(23)38)9-16-32-33-24(21-45-2)18-29-34(30(33)20-37(44)46-32)36(43)40(35(29)42)27-13-11-26(12-14-27)39-25-7-5-4-6-8-25/h4-8,10-15,17,19,29-30,32,34,39,41,44H,3,9,16,18,20-21H2,1-2H3/b22-17+/t29-,30+,32-,34-/m1/s1. The van der Waals surface area contributed by atoms with Crippen molar-refractivity contribution in [2.24, 2.45) is 17.8 Å². The number of halogens is 1. The van der Waals surface area contributed by atoms with Gasteiger partial charge < -0.3 is 24.8 Å². The van der Waals surface area contributed by atoms with E-state index >= 15 is 0 Å². The van der Waals surface area contributed by atoms with Gasteiger partial charge in [0.1, 0.15) is 5.75 Å². The van der Waals surface area contributed by atoms with E-state index in [1.165, 1.54) is 11.0 Å². The first kappa shape index (κ1) is 32.1. The lowest BCUT2D eigenvalue weighted by atomic mass is 9.58. The number of para-hydroxylation sites is 1. The quantitative estimate of drug-likeness (QED) is 0.124. The smallest absolute Gasteiger partial charge is 0.455 e. The fourth-order valence-electron chi connectivity index (χ4n) is 7.23. The monoisotopic (exact) mass is 640 g/mol. The third kappa shape index (κ3) is 6.51. The summed E-state index contributed by atoms with van der Waals surface area (Å²) < 4.78 is 11.7. The molecule has 6 rings (SSSR count). The van der Waals surface area contributed by atoms with Crippen molar-refractivity contribution in [3.63, 3.8) is 0 Å². The second kappa shape index (κ2) is 13.9. The Hall–Kier alpha value is -3.89. The van der Waals surface area contributed by atoms with Crippen molar-refractivity contribution >= 4 is 53.7 Å². The summed E-state index contributed by atoms with van der Waals surface area (Å²) in [5.74, 6) is -1.78. The molecule has 0 aromatic heterocycles. The van der Waals surface area contributed by atoms with Gasteiger partial charge >= 0.3 is 7.12 Å². The van der Waals surface area contributed by atoms with E-state index in [2.05, 4.69) is 12.2 Å². The normalized spacial score (nSPS) is 23.1. The highest BCUT2D eigenvalue weighted by Gasteiger charge is 2.57. The van der Waals surface area contributed by atoms with Crippen molar-refractivity contribution in [1.82, 2.24) is 0 Å². The number of nitrogens with one attached hydrogen (secondary N) is 1. The zero-order chi connectivity index (χ0) is 32.4. The number of carbonyl (C=O) groups excluding carboxylic acids is 2. The van der Waals surface area contributed by atoms with Gasteiger partial charge in [0.05, 0.1) is 35.3 Å². The predicted octanol–water partition coefficient (Wildman–Crippen LogP) is 7.01. The molecular formula is C36H38BClN2O6. The summed E-state index contributed by atoms with van der Waals surface area (Å²) in [6, 6.07) is 22.0. The molecule has 46 heavy (non-hydrogen) atoms. The second-order valence-corrected chi connectivity index (χ2v) is 12.6.